The third-order valence-electron chi connectivity index (χ3n) is 3.92. The molecule has 0 aromatic heterocycles. The summed E-state index contributed by atoms with van der Waals surface area (Å²) >= 11 is 0. The minimum Gasteiger partial charge on any atom is -0.467 e. The Kier molecular flexibility index (Phi) is 8.88. The van der Waals surface area contributed by atoms with Crippen molar-refractivity contribution in [3.8, 4) is 0 Å². The number of allylic oxidation sites excluding steroid dienone is 1. The van der Waals surface area contributed by atoms with Crippen LogP contribution in [0.1, 0.15) is 54.4 Å². The van der Waals surface area contributed by atoms with Crippen molar-refractivity contribution in [1.29, 1.82) is 0 Å². The van der Waals surface area contributed by atoms with Gasteiger partial charge in [0, 0.05) is 0 Å². The lowest BCUT2D eigenvalue weighted by Crippen LogP contribution is -2.42. The number of halogens is 3. The molecule has 0 saturated carbocycles. The lowest BCUT2D eigenvalue weighted by Gasteiger charge is -2.18. The van der Waals surface area contributed by atoms with Crippen molar-refractivity contribution >= 4 is 11.9 Å². The van der Waals surface area contributed by atoms with Gasteiger partial charge < -0.3 is 10.1 Å². The minimum atomic E-state index is -4.65. The molecule has 1 aromatic carbocycles. The molecule has 1 N–H and O–H groups in total. The van der Waals surface area contributed by atoms with E-state index in [-0.39, 0.29) is 0 Å². The molecule has 7 heteroatoms. The number of esters is 1. The molecule has 0 aliphatic rings. The van der Waals surface area contributed by atoms with Crippen molar-refractivity contribution < 1.29 is 27.5 Å². The largest absolute Gasteiger partial charge is 0.467 e. The van der Waals surface area contributed by atoms with Gasteiger partial charge in [-0.15, -0.1) is 6.58 Å². The van der Waals surface area contributed by atoms with E-state index in [0.29, 0.717) is 12.8 Å². The summed E-state index contributed by atoms with van der Waals surface area (Å²) in [6.07, 6.45) is 1.82. The summed E-state index contributed by atoms with van der Waals surface area (Å²) in [5.41, 5.74) is -1.55. The fourth-order valence-electron chi connectivity index (χ4n) is 2.55. The van der Waals surface area contributed by atoms with Gasteiger partial charge >= 0.3 is 12.1 Å². The molecule has 0 unspecified atom stereocenters. The summed E-state index contributed by atoms with van der Waals surface area (Å²) in [5, 5.41) is 2.37. The van der Waals surface area contributed by atoms with Crippen LogP contribution in [0.4, 0.5) is 13.2 Å². The minimum absolute atomic E-state index is 0.306. The van der Waals surface area contributed by atoms with Gasteiger partial charge in [0.05, 0.1) is 18.2 Å². The predicted octanol–water partition coefficient (Wildman–Crippen LogP) is 4.50. The number of ether oxygens (including phenoxy) is 1. The van der Waals surface area contributed by atoms with Crippen LogP contribution >= 0.6 is 0 Å². The molecule has 0 aliphatic heterocycles. The first-order chi connectivity index (χ1) is 12.3. The molecular weight excluding hydrogens is 347 g/mol. The number of rotatable bonds is 10. The average molecular weight is 371 g/mol. The van der Waals surface area contributed by atoms with Crippen molar-refractivity contribution in [1.82, 2.24) is 5.32 Å². The van der Waals surface area contributed by atoms with Crippen LogP contribution in [0.25, 0.3) is 0 Å². The third-order valence-corrected chi connectivity index (χ3v) is 3.92. The fraction of sp³-hybridized carbons (Fsp3) is 0.474. The van der Waals surface area contributed by atoms with Gasteiger partial charge in [0.15, 0.2) is 0 Å². The van der Waals surface area contributed by atoms with E-state index < -0.39 is 35.2 Å². The standard InChI is InChI=1S/C19H24F3NO3/c1-3-4-5-6-7-8-13-16(18(25)26-2)23-17(24)14-11-9-10-12-15(14)19(20,21)22/h3,9-12,16H,1,4-8,13H2,2H3,(H,23,24)/t16-/m1/s1. The van der Waals surface area contributed by atoms with E-state index in [4.69, 9.17) is 0 Å². The van der Waals surface area contributed by atoms with Gasteiger partial charge in [-0.25, -0.2) is 4.79 Å². The van der Waals surface area contributed by atoms with Crippen LogP contribution in [-0.2, 0) is 15.7 Å². The molecule has 0 spiro atoms. The molecule has 0 radical (unpaired) electrons. The number of alkyl halides is 3. The zero-order valence-corrected chi connectivity index (χ0v) is 14.8. The Hall–Kier alpha value is -2.31. The van der Waals surface area contributed by atoms with Crippen molar-refractivity contribution in [2.75, 3.05) is 7.11 Å². The van der Waals surface area contributed by atoms with Gasteiger partial charge in [0.2, 0.25) is 0 Å². The van der Waals surface area contributed by atoms with Crippen molar-refractivity contribution in [3.05, 3.63) is 48.0 Å². The first kappa shape index (κ1) is 21.7. The fourth-order valence-corrected chi connectivity index (χ4v) is 2.55. The highest BCUT2D eigenvalue weighted by molar-refractivity contribution is 5.98. The Labute approximate surface area is 151 Å². The Bertz CT molecular complexity index is 614. The van der Waals surface area contributed by atoms with E-state index in [9.17, 15) is 22.8 Å². The lowest BCUT2D eigenvalue weighted by molar-refractivity contribution is -0.143. The molecule has 26 heavy (non-hydrogen) atoms. The summed E-state index contributed by atoms with van der Waals surface area (Å²) in [6, 6.07) is 3.49. The summed E-state index contributed by atoms with van der Waals surface area (Å²) in [6.45, 7) is 3.64. The van der Waals surface area contributed by atoms with Crippen LogP contribution in [-0.4, -0.2) is 25.0 Å². The average Bonchev–Trinajstić information content (AvgIpc) is 2.62. The number of carbonyl (C=O) groups is 2. The van der Waals surface area contributed by atoms with E-state index in [0.717, 1.165) is 37.8 Å². The Morgan fingerprint density at radius 3 is 2.46 bits per heavy atom. The molecule has 0 fully saturated rings. The SMILES string of the molecule is C=CCCCCCC[C@@H](NC(=O)c1ccccc1C(F)(F)F)C(=O)OC. The van der Waals surface area contributed by atoms with Crippen LogP contribution in [0.5, 0.6) is 0 Å². The van der Waals surface area contributed by atoms with E-state index in [1.54, 1.807) is 0 Å². The highest BCUT2D eigenvalue weighted by atomic mass is 19.4. The molecule has 0 bridgehead atoms. The van der Waals surface area contributed by atoms with Crippen LogP contribution < -0.4 is 5.32 Å². The Morgan fingerprint density at radius 2 is 1.85 bits per heavy atom. The van der Waals surface area contributed by atoms with Gasteiger partial charge in [0.1, 0.15) is 6.04 Å². The predicted molar refractivity (Wildman–Crippen MR) is 92.6 cm³/mol. The molecule has 1 amide bonds. The molecule has 1 rings (SSSR count). The second-order valence-electron chi connectivity index (χ2n) is 5.87. The van der Waals surface area contributed by atoms with Crippen LogP contribution in [0, 0.1) is 0 Å². The van der Waals surface area contributed by atoms with Gasteiger partial charge in [-0.05, 0) is 31.4 Å². The molecule has 0 saturated heterocycles. The van der Waals surface area contributed by atoms with Crippen molar-refractivity contribution in [2.24, 2.45) is 0 Å². The Balaban J connectivity index is 2.75. The number of amides is 1. The van der Waals surface area contributed by atoms with E-state index in [1.165, 1.54) is 19.2 Å². The normalized spacial score (nSPS) is 12.3. The first-order valence-corrected chi connectivity index (χ1v) is 8.47. The third kappa shape index (κ3) is 6.90. The quantitative estimate of drug-likeness (QED) is 0.374. The zero-order valence-electron chi connectivity index (χ0n) is 14.8. The maximum absolute atomic E-state index is 13.0. The highest BCUT2D eigenvalue weighted by Crippen LogP contribution is 2.31. The van der Waals surface area contributed by atoms with Crippen molar-refractivity contribution in [3.63, 3.8) is 0 Å². The number of hydrogen-bond acceptors (Lipinski definition) is 3. The number of nitrogens with one attached hydrogen (secondary N) is 1. The molecule has 4 nitrogen and oxygen atoms in total. The summed E-state index contributed by atoms with van der Waals surface area (Å²) in [5.74, 6) is -1.62. The van der Waals surface area contributed by atoms with Gasteiger partial charge in [-0.1, -0.05) is 37.5 Å². The molecular formula is C19H24F3NO3. The van der Waals surface area contributed by atoms with Gasteiger partial charge in [-0.2, -0.15) is 13.2 Å². The second kappa shape index (κ2) is 10.6. The number of methoxy groups -OCH3 is 1. The topological polar surface area (TPSA) is 55.4 Å². The maximum atomic E-state index is 13.0. The van der Waals surface area contributed by atoms with Crippen LogP contribution in [0.15, 0.2) is 36.9 Å². The molecule has 0 aliphatic carbocycles. The van der Waals surface area contributed by atoms with Gasteiger partial charge in [-0.3, -0.25) is 4.79 Å². The van der Waals surface area contributed by atoms with E-state index in [1.807, 2.05) is 6.08 Å². The zero-order chi connectivity index (χ0) is 19.6. The smallest absolute Gasteiger partial charge is 0.417 e. The molecule has 1 atom stereocenters. The van der Waals surface area contributed by atoms with Crippen molar-refractivity contribution in [2.45, 2.75) is 50.7 Å². The van der Waals surface area contributed by atoms with Gasteiger partial charge in [0.25, 0.3) is 5.91 Å². The second-order valence-corrected chi connectivity index (χ2v) is 5.87. The van der Waals surface area contributed by atoms with E-state index in [2.05, 4.69) is 16.6 Å². The number of hydrogen-bond donors (Lipinski definition) is 1. The molecule has 0 heterocycles. The Morgan fingerprint density at radius 1 is 1.19 bits per heavy atom. The molecule has 144 valence electrons. The number of benzene rings is 1. The number of carbonyl (C=O) groups excluding carboxylic acids is 2. The number of unbranched alkanes of at least 4 members (excludes halogenated alkanes) is 4. The summed E-state index contributed by atoms with van der Waals surface area (Å²) < 4.78 is 43.8. The molecule has 1 aromatic rings. The first-order valence-electron chi connectivity index (χ1n) is 8.47. The summed E-state index contributed by atoms with van der Waals surface area (Å²) in [7, 11) is 1.18. The summed E-state index contributed by atoms with van der Waals surface area (Å²) in [4.78, 5) is 24.1. The van der Waals surface area contributed by atoms with Crippen LogP contribution in [0.3, 0.4) is 0 Å². The van der Waals surface area contributed by atoms with E-state index >= 15 is 0 Å². The van der Waals surface area contributed by atoms with Crippen LogP contribution in [0.2, 0.25) is 0 Å². The monoisotopic (exact) mass is 371 g/mol. The lowest BCUT2D eigenvalue weighted by atomic mass is 10.0. The maximum Gasteiger partial charge on any atom is 0.417 e. The highest BCUT2D eigenvalue weighted by Gasteiger charge is 2.35.